The molecule has 1 aliphatic rings. The lowest BCUT2D eigenvalue weighted by Crippen LogP contribution is -2.00. The van der Waals surface area contributed by atoms with Crippen molar-refractivity contribution in [1.82, 2.24) is 9.88 Å². The van der Waals surface area contributed by atoms with Crippen LogP contribution in [0.2, 0.25) is 0 Å². The van der Waals surface area contributed by atoms with E-state index in [2.05, 4.69) is 11.4 Å². The zero-order valence-electron chi connectivity index (χ0n) is 9.87. The number of hydrogen-bond acceptors (Lipinski definition) is 2. The third-order valence-corrected chi connectivity index (χ3v) is 3.66. The van der Waals surface area contributed by atoms with E-state index < -0.39 is 5.97 Å². The highest BCUT2D eigenvalue weighted by molar-refractivity contribution is 6.05. The lowest BCUT2D eigenvalue weighted by atomic mass is 10.0. The molecule has 0 saturated heterocycles. The summed E-state index contributed by atoms with van der Waals surface area (Å²) in [6, 6.07) is 4.12. The van der Waals surface area contributed by atoms with Gasteiger partial charge in [0.2, 0.25) is 0 Å². The molecule has 1 aromatic heterocycles. The van der Waals surface area contributed by atoms with E-state index in [0.717, 1.165) is 29.7 Å². The van der Waals surface area contributed by atoms with Gasteiger partial charge in [-0.15, -0.1) is 0 Å². The second kappa shape index (κ2) is 3.34. The molecular formula is C13H14N2O2. The summed E-state index contributed by atoms with van der Waals surface area (Å²) in [5.74, 6) is -0.848. The minimum absolute atomic E-state index is 0.428. The van der Waals surface area contributed by atoms with Crippen molar-refractivity contribution in [3.63, 3.8) is 0 Å². The van der Waals surface area contributed by atoms with Gasteiger partial charge in [-0.2, -0.15) is 0 Å². The van der Waals surface area contributed by atoms with Gasteiger partial charge in [-0.25, -0.2) is 4.79 Å². The minimum atomic E-state index is -0.848. The first kappa shape index (κ1) is 10.4. The molecule has 4 heteroatoms. The van der Waals surface area contributed by atoms with Crippen molar-refractivity contribution in [2.75, 3.05) is 0 Å². The van der Waals surface area contributed by atoms with Crippen LogP contribution in [0.4, 0.5) is 0 Å². The van der Waals surface area contributed by atoms with E-state index in [9.17, 15) is 9.90 Å². The number of carboxylic acid groups (broad SMARTS) is 1. The molecule has 0 amide bonds. The Labute approximate surface area is 98.9 Å². The van der Waals surface area contributed by atoms with Crippen molar-refractivity contribution < 1.29 is 9.90 Å². The van der Waals surface area contributed by atoms with Crippen LogP contribution in [0.1, 0.15) is 27.2 Å². The van der Waals surface area contributed by atoms with Crippen molar-refractivity contribution in [2.24, 2.45) is 7.05 Å². The molecule has 0 aliphatic carbocycles. The fourth-order valence-corrected chi connectivity index (χ4v) is 2.63. The van der Waals surface area contributed by atoms with Crippen LogP contribution in [0.5, 0.6) is 0 Å². The fraction of sp³-hybridized carbons (Fsp3) is 0.308. The average molecular weight is 230 g/mol. The van der Waals surface area contributed by atoms with Gasteiger partial charge in [-0.05, 0) is 30.2 Å². The summed E-state index contributed by atoms with van der Waals surface area (Å²) in [7, 11) is 1.92. The van der Waals surface area contributed by atoms with Gasteiger partial charge in [-0.3, -0.25) is 0 Å². The van der Waals surface area contributed by atoms with Gasteiger partial charge in [0.25, 0.3) is 0 Å². The molecule has 2 heterocycles. The highest BCUT2D eigenvalue weighted by atomic mass is 16.4. The monoisotopic (exact) mass is 230 g/mol. The number of hydrogen-bond donors (Lipinski definition) is 2. The molecule has 0 fully saturated rings. The number of fused-ring (bicyclic) bond motifs is 2. The van der Waals surface area contributed by atoms with E-state index in [1.54, 1.807) is 0 Å². The summed E-state index contributed by atoms with van der Waals surface area (Å²) in [4.78, 5) is 11.3. The van der Waals surface area contributed by atoms with Crippen LogP contribution in [0.3, 0.4) is 0 Å². The Morgan fingerprint density at radius 3 is 2.65 bits per heavy atom. The smallest absolute Gasteiger partial charge is 0.338 e. The van der Waals surface area contributed by atoms with Gasteiger partial charge in [0.15, 0.2) is 0 Å². The van der Waals surface area contributed by atoms with E-state index in [4.69, 9.17) is 0 Å². The number of nitrogens with one attached hydrogen (secondary N) is 1. The quantitative estimate of drug-likeness (QED) is 0.785. The minimum Gasteiger partial charge on any atom is -0.478 e. The Balaban J connectivity index is 2.42. The molecule has 88 valence electrons. The number of carbonyl (C=O) groups is 1. The van der Waals surface area contributed by atoms with E-state index in [1.807, 2.05) is 24.6 Å². The van der Waals surface area contributed by atoms with E-state index >= 15 is 0 Å². The summed E-state index contributed by atoms with van der Waals surface area (Å²) in [6.45, 7) is 3.56. The molecule has 0 saturated carbocycles. The summed E-state index contributed by atoms with van der Waals surface area (Å²) < 4.78 is 1.96. The number of aromatic carboxylic acids is 1. The van der Waals surface area contributed by atoms with Crippen molar-refractivity contribution >= 4 is 16.9 Å². The normalized spacial score (nSPS) is 14.2. The molecule has 2 N–H and O–H groups in total. The topological polar surface area (TPSA) is 54.3 Å². The molecule has 0 spiro atoms. The van der Waals surface area contributed by atoms with Crippen LogP contribution in [0.15, 0.2) is 12.1 Å². The summed E-state index contributed by atoms with van der Waals surface area (Å²) in [6.07, 6.45) is 0. The molecule has 1 aliphatic heterocycles. The fourth-order valence-electron chi connectivity index (χ4n) is 2.63. The summed E-state index contributed by atoms with van der Waals surface area (Å²) >= 11 is 0. The summed E-state index contributed by atoms with van der Waals surface area (Å²) in [5.41, 5.74) is 4.73. The van der Waals surface area contributed by atoms with Crippen molar-refractivity contribution in [2.45, 2.75) is 20.0 Å². The molecule has 3 rings (SSSR count). The average Bonchev–Trinajstić information content (AvgIpc) is 2.81. The number of aromatic nitrogens is 1. The van der Waals surface area contributed by atoms with Gasteiger partial charge in [0.1, 0.15) is 0 Å². The highest BCUT2D eigenvalue weighted by Crippen LogP contribution is 2.29. The lowest BCUT2D eigenvalue weighted by Gasteiger charge is -2.01. The Kier molecular flexibility index (Phi) is 2.03. The van der Waals surface area contributed by atoms with Crippen LogP contribution < -0.4 is 5.32 Å². The molecule has 17 heavy (non-hydrogen) atoms. The van der Waals surface area contributed by atoms with E-state index in [-0.39, 0.29) is 0 Å². The third kappa shape index (κ3) is 1.31. The third-order valence-electron chi connectivity index (χ3n) is 3.66. The molecule has 2 aromatic rings. The zero-order chi connectivity index (χ0) is 12.2. The molecule has 1 aromatic carbocycles. The molecule has 4 nitrogen and oxygen atoms in total. The van der Waals surface area contributed by atoms with Crippen LogP contribution in [-0.4, -0.2) is 15.6 Å². The van der Waals surface area contributed by atoms with Gasteiger partial charge in [0.05, 0.1) is 5.56 Å². The number of rotatable bonds is 1. The van der Waals surface area contributed by atoms with Gasteiger partial charge >= 0.3 is 5.97 Å². The van der Waals surface area contributed by atoms with Gasteiger partial charge in [0, 0.05) is 36.7 Å². The molecule has 0 atom stereocenters. The summed E-state index contributed by atoms with van der Waals surface area (Å²) in [5, 5.41) is 13.4. The number of carboxylic acids is 1. The second-order valence-electron chi connectivity index (χ2n) is 4.57. The van der Waals surface area contributed by atoms with Crippen LogP contribution in [-0.2, 0) is 20.1 Å². The first-order valence-corrected chi connectivity index (χ1v) is 5.64. The van der Waals surface area contributed by atoms with Crippen LogP contribution in [0, 0.1) is 6.92 Å². The zero-order valence-corrected chi connectivity index (χ0v) is 9.87. The van der Waals surface area contributed by atoms with Crippen molar-refractivity contribution in [1.29, 1.82) is 0 Å². The maximum absolute atomic E-state index is 11.3. The Morgan fingerprint density at radius 2 is 2.00 bits per heavy atom. The Hall–Kier alpha value is -1.81. The number of aryl methyl sites for hydroxylation is 1. The largest absolute Gasteiger partial charge is 0.478 e. The van der Waals surface area contributed by atoms with Crippen molar-refractivity contribution in [3.8, 4) is 0 Å². The van der Waals surface area contributed by atoms with E-state index in [1.165, 1.54) is 11.1 Å². The number of benzene rings is 1. The maximum Gasteiger partial charge on any atom is 0.338 e. The number of nitrogens with zero attached hydrogens (tertiary/aromatic N) is 1. The SMILES string of the molecule is Cc1c(C(=O)O)c2cc3c(cc2n1C)CNC3. The molecule has 0 bridgehead atoms. The van der Waals surface area contributed by atoms with Gasteiger partial charge in [-0.1, -0.05) is 0 Å². The van der Waals surface area contributed by atoms with Crippen LogP contribution in [0.25, 0.3) is 10.9 Å². The van der Waals surface area contributed by atoms with E-state index in [0.29, 0.717) is 5.56 Å². The predicted octanol–water partition coefficient (Wildman–Crippen LogP) is 1.79. The molecular weight excluding hydrogens is 216 g/mol. The standard InChI is InChI=1S/C13H14N2O2/c1-7-12(13(16)17)10-3-8-5-14-6-9(8)4-11(10)15(7)2/h3-4,14H,5-6H2,1-2H3,(H,16,17). The lowest BCUT2D eigenvalue weighted by molar-refractivity contribution is 0.0698. The predicted molar refractivity (Wildman–Crippen MR) is 65.2 cm³/mol. The molecule has 0 radical (unpaired) electrons. The van der Waals surface area contributed by atoms with Crippen molar-refractivity contribution in [3.05, 3.63) is 34.5 Å². The van der Waals surface area contributed by atoms with Gasteiger partial charge < -0.3 is 15.0 Å². The Morgan fingerprint density at radius 1 is 1.35 bits per heavy atom. The first-order chi connectivity index (χ1) is 8.09. The van der Waals surface area contributed by atoms with Crippen LogP contribution >= 0.6 is 0 Å². The maximum atomic E-state index is 11.3. The highest BCUT2D eigenvalue weighted by Gasteiger charge is 2.20. The Bertz CT molecular complexity index is 641. The second-order valence-corrected chi connectivity index (χ2v) is 4.57. The molecule has 0 unspecified atom stereocenters. The first-order valence-electron chi connectivity index (χ1n) is 5.64.